The fourth-order valence-electron chi connectivity index (χ4n) is 1.98. The summed E-state index contributed by atoms with van der Waals surface area (Å²) in [5.74, 6) is 0.0338. The summed E-state index contributed by atoms with van der Waals surface area (Å²) >= 11 is 0. The molecule has 0 fully saturated rings. The number of nitriles is 1. The van der Waals surface area contributed by atoms with Gasteiger partial charge < -0.3 is 10.0 Å². The maximum absolute atomic E-state index is 14.1. The van der Waals surface area contributed by atoms with E-state index in [2.05, 4.69) is 19.9 Å². The topological polar surface area (TPSA) is 47.3 Å². The number of rotatable bonds is 6. The van der Waals surface area contributed by atoms with E-state index >= 15 is 0 Å². The summed E-state index contributed by atoms with van der Waals surface area (Å²) in [5.41, 5.74) is 1.05. The molecule has 19 heavy (non-hydrogen) atoms. The largest absolute Gasteiger partial charge is 0.389 e. The molecule has 1 aromatic carbocycles. The van der Waals surface area contributed by atoms with Crippen molar-refractivity contribution in [3.05, 3.63) is 29.6 Å². The lowest BCUT2D eigenvalue weighted by Crippen LogP contribution is -2.29. The minimum absolute atomic E-state index is 0.350. The molecule has 1 aromatic rings. The van der Waals surface area contributed by atoms with E-state index in [1.54, 1.807) is 19.1 Å². The number of halogens is 1. The predicted molar refractivity (Wildman–Crippen MR) is 74.3 cm³/mol. The van der Waals surface area contributed by atoms with Gasteiger partial charge in [0.2, 0.25) is 0 Å². The lowest BCUT2D eigenvalue weighted by atomic mass is 10.1. The highest BCUT2D eigenvalue weighted by molar-refractivity contribution is 5.49. The van der Waals surface area contributed by atoms with Crippen molar-refractivity contribution in [2.45, 2.75) is 33.3 Å². The molecule has 0 aliphatic carbocycles. The maximum atomic E-state index is 14.1. The first kappa shape index (κ1) is 15.5. The predicted octanol–water partition coefficient (Wildman–Crippen LogP) is 3.26. The van der Waals surface area contributed by atoms with Gasteiger partial charge in [0.25, 0.3) is 0 Å². The van der Waals surface area contributed by atoms with E-state index in [-0.39, 0.29) is 5.82 Å². The summed E-state index contributed by atoms with van der Waals surface area (Å²) in [6, 6.07) is 6.85. The van der Waals surface area contributed by atoms with E-state index in [1.807, 2.05) is 4.90 Å². The number of aliphatic hydroxyl groups is 1. The fraction of sp³-hybridized carbons (Fsp3) is 0.533. The van der Waals surface area contributed by atoms with Gasteiger partial charge in [-0.1, -0.05) is 19.9 Å². The normalized spacial score (nSPS) is 12.3. The van der Waals surface area contributed by atoms with Crippen LogP contribution in [-0.2, 0) is 0 Å². The Morgan fingerprint density at radius 3 is 2.53 bits per heavy atom. The van der Waals surface area contributed by atoms with Crippen LogP contribution < -0.4 is 4.90 Å². The Balaban J connectivity index is 2.98. The summed E-state index contributed by atoms with van der Waals surface area (Å²) in [7, 11) is 0. The number of nitrogens with zero attached hydrogens (tertiary/aromatic N) is 2. The molecule has 0 amide bonds. The van der Waals surface area contributed by atoms with Gasteiger partial charge in [-0.2, -0.15) is 5.26 Å². The molecule has 3 nitrogen and oxygen atoms in total. The molecular formula is C15H21FN2O. The highest BCUT2D eigenvalue weighted by atomic mass is 19.1. The van der Waals surface area contributed by atoms with Crippen LogP contribution in [0.3, 0.4) is 0 Å². The van der Waals surface area contributed by atoms with Crippen LogP contribution in [0.15, 0.2) is 18.2 Å². The van der Waals surface area contributed by atoms with Gasteiger partial charge in [-0.05, 0) is 30.5 Å². The van der Waals surface area contributed by atoms with Crippen molar-refractivity contribution in [1.82, 2.24) is 0 Å². The maximum Gasteiger partial charge on any atom is 0.146 e. The zero-order chi connectivity index (χ0) is 14.4. The molecule has 0 heterocycles. The van der Waals surface area contributed by atoms with Crippen molar-refractivity contribution in [3.8, 4) is 6.07 Å². The third-order valence-electron chi connectivity index (χ3n) is 2.87. The Morgan fingerprint density at radius 2 is 2.05 bits per heavy atom. The molecule has 1 N–H and O–H groups in total. The highest BCUT2D eigenvalue weighted by Gasteiger charge is 2.14. The molecule has 1 rings (SSSR count). The van der Waals surface area contributed by atoms with Gasteiger partial charge in [0, 0.05) is 13.1 Å². The molecule has 104 valence electrons. The average Bonchev–Trinajstić information content (AvgIpc) is 2.34. The standard InChI is InChI=1S/C15H21FN2O/c1-11(2)10-18(8-4-7-17)15-6-5-13(12(3)19)9-14(15)16/h5-6,9,11-12,19H,4,8,10H2,1-3H3/t12-/m0/s1. The highest BCUT2D eigenvalue weighted by Crippen LogP contribution is 2.24. The molecule has 0 aromatic heterocycles. The van der Waals surface area contributed by atoms with Crippen molar-refractivity contribution >= 4 is 5.69 Å². The number of hydrogen-bond acceptors (Lipinski definition) is 3. The second-order valence-electron chi connectivity index (χ2n) is 5.13. The SMILES string of the molecule is CC(C)CN(CCC#N)c1ccc([C@H](C)O)cc1F. The third-order valence-corrected chi connectivity index (χ3v) is 2.87. The van der Waals surface area contributed by atoms with Gasteiger partial charge in [0.05, 0.1) is 24.3 Å². The minimum atomic E-state index is -0.679. The molecule has 0 bridgehead atoms. The monoisotopic (exact) mass is 264 g/mol. The van der Waals surface area contributed by atoms with Gasteiger partial charge >= 0.3 is 0 Å². The van der Waals surface area contributed by atoms with Gasteiger partial charge in [-0.25, -0.2) is 4.39 Å². The minimum Gasteiger partial charge on any atom is -0.389 e. The lowest BCUT2D eigenvalue weighted by Gasteiger charge is -2.26. The zero-order valence-electron chi connectivity index (χ0n) is 11.7. The van der Waals surface area contributed by atoms with Crippen LogP contribution in [0.1, 0.15) is 38.9 Å². The fourth-order valence-corrected chi connectivity index (χ4v) is 1.98. The van der Waals surface area contributed by atoms with E-state index in [0.717, 1.165) is 0 Å². The number of aliphatic hydroxyl groups excluding tert-OH is 1. The molecule has 0 aliphatic heterocycles. The van der Waals surface area contributed by atoms with E-state index < -0.39 is 6.10 Å². The third kappa shape index (κ3) is 4.53. The molecule has 1 atom stereocenters. The summed E-state index contributed by atoms with van der Waals surface area (Å²) in [6.45, 7) is 6.94. The van der Waals surface area contributed by atoms with Crippen molar-refractivity contribution in [2.24, 2.45) is 5.92 Å². The summed E-state index contributed by atoms with van der Waals surface area (Å²) in [5, 5.41) is 18.1. The first-order chi connectivity index (χ1) is 8.95. The van der Waals surface area contributed by atoms with Crippen LogP contribution in [0.4, 0.5) is 10.1 Å². The lowest BCUT2D eigenvalue weighted by molar-refractivity contribution is 0.199. The van der Waals surface area contributed by atoms with Crippen LogP contribution in [0.5, 0.6) is 0 Å². The molecular weight excluding hydrogens is 243 g/mol. The average molecular weight is 264 g/mol. The number of hydrogen-bond donors (Lipinski definition) is 1. The Morgan fingerprint density at radius 1 is 1.37 bits per heavy atom. The first-order valence-corrected chi connectivity index (χ1v) is 6.55. The van der Waals surface area contributed by atoms with Gasteiger partial charge in [0.15, 0.2) is 0 Å². The van der Waals surface area contributed by atoms with Crippen LogP contribution in [-0.4, -0.2) is 18.2 Å². The van der Waals surface area contributed by atoms with Gasteiger partial charge in [0.1, 0.15) is 5.82 Å². The summed E-state index contributed by atoms with van der Waals surface area (Å²) < 4.78 is 14.1. The Bertz CT molecular complexity index is 452. The van der Waals surface area contributed by atoms with Crippen molar-refractivity contribution in [1.29, 1.82) is 5.26 Å². The first-order valence-electron chi connectivity index (χ1n) is 6.55. The second-order valence-corrected chi connectivity index (χ2v) is 5.13. The molecule has 0 unspecified atom stereocenters. The van der Waals surface area contributed by atoms with Crippen LogP contribution in [0, 0.1) is 23.1 Å². The summed E-state index contributed by atoms with van der Waals surface area (Å²) in [6.07, 6.45) is -0.314. The molecule has 0 saturated heterocycles. The molecule has 0 saturated carbocycles. The van der Waals surface area contributed by atoms with E-state index in [4.69, 9.17) is 5.26 Å². The molecule has 0 spiro atoms. The van der Waals surface area contributed by atoms with Crippen molar-refractivity contribution in [2.75, 3.05) is 18.0 Å². The Hall–Kier alpha value is -1.60. The Kier molecular flexibility index (Phi) is 5.78. The molecule has 0 aliphatic rings. The smallest absolute Gasteiger partial charge is 0.146 e. The van der Waals surface area contributed by atoms with Crippen LogP contribution in [0.25, 0.3) is 0 Å². The van der Waals surface area contributed by atoms with E-state index in [1.165, 1.54) is 6.07 Å². The van der Waals surface area contributed by atoms with Crippen molar-refractivity contribution < 1.29 is 9.50 Å². The number of benzene rings is 1. The van der Waals surface area contributed by atoms with Gasteiger partial charge in [-0.15, -0.1) is 0 Å². The number of anilines is 1. The zero-order valence-corrected chi connectivity index (χ0v) is 11.7. The van der Waals surface area contributed by atoms with E-state index in [0.29, 0.717) is 36.7 Å². The summed E-state index contributed by atoms with van der Waals surface area (Å²) in [4.78, 5) is 1.88. The van der Waals surface area contributed by atoms with Crippen LogP contribution in [0.2, 0.25) is 0 Å². The second kappa shape index (κ2) is 7.10. The van der Waals surface area contributed by atoms with Crippen molar-refractivity contribution in [3.63, 3.8) is 0 Å². The quantitative estimate of drug-likeness (QED) is 0.858. The van der Waals surface area contributed by atoms with Crippen LogP contribution >= 0.6 is 0 Å². The molecule has 0 radical (unpaired) electrons. The van der Waals surface area contributed by atoms with E-state index in [9.17, 15) is 9.50 Å². The van der Waals surface area contributed by atoms with Gasteiger partial charge in [-0.3, -0.25) is 0 Å². The Labute approximate surface area is 114 Å². The molecule has 4 heteroatoms.